The van der Waals surface area contributed by atoms with E-state index in [1.165, 1.54) is 28.8 Å². The van der Waals surface area contributed by atoms with Crippen molar-refractivity contribution in [3.05, 3.63) is 94.6 Å². The van der Waals surface area contributed by atoms with E-state index < -0.39 is 0 Å². The first-order chi connectivity index (χ1) is 15.0. The normalized spacial score (nSPS) is 14.9. The Bertz CT molecular complexity index is 1140. The van der Waals surface area contributed by atoms with Crippen LogP contribution in [0.1, 0.15) is 11.1 Å². The molecule has 4 rings (SSSR count). The summed E-state index contributed by atoms with van der Waals surface area (Å²) in [6.07, 6.45) is 1.80. The smallest absolute Gasteiger partial charge is 0.270 e. The molecule has 0 saturated carbocycles. The van der Waals surface area contributed by atoms with Gasteiger partial charge in [0.1, 0.15) is 23.9 Å². The van der Waals surface area contributed by atoms with Crippen molar-refractivity contribution in [3.63, 3.8) is 0 Å². The van der Waals surface area contributed by atoms with Crippen LogP contribution < -0.4 is 14.4 Å². The van der Waals surface area contributed by atoms with Gasteiger partial charge >= 0.3 is 0 Å². The molecule has 0 atom stereocenters. The molecule has 0 aliphatic carbocycles. The number of hydrogen-bond acceptors (Lipinski definition) is 5. The van der Waals surface area contributed by atoms with Crippen LogP contribution in [0.15, 0.2) is 77.7 Å². The monoisotopic (exact) mass is 451 g/mol. The van der Waals surface area contributed by atoms with Gasteiger partial charge in [0.05, 0.1) is 17.7 Å². The van der Waals surface area contributed by atoms with Crippen molar-refractivity contribution in [2.75, 3.05) is 12.0 Å². The molecule has 4 nitrogen and oxygen atoms in total. The van der Waals surface area contributed by atoms with Crippen LogP contribution >= 0.6 is 24.0 Å². The van der Waals surface area contributed by atoms with E-state index in [1.54, 1.807) is 37.5 Å². The Hall–Kier alpha value is -3.16. The lowest BCUT2D eigenvalue weighted by atomic mass is 10.2. The minimum Gasteiger partial charge on any atom is -0.495 e. The van der Waals surface area contributed by atoms with E-state index in [0.29, 0.717) is 33.0 Å². The van der Waals surface area contributed by atoms with Gasteiger partial charge in [-0.1, -0.05) is 60.4 Å². The molecule has 1 amide bonds. The van der Waals surface area contributed by atoms with E-state index in [1.807, 2.05) is 36.4 Å². The van der Waals surface area contributed by atoms with Crippen LogP contribution in [0.4, 0.5) is 10.1 Å². The van der Waals surface area contributed by atoms with E-state index >= 15 is 0 Å². The third-order valence-corrected chi connectivity index (χ3v) is 5.92. The first-order valence-corrected chi connectivity index (χ1v) is 10.7. The number of para-hydroxylation sites is 2. The summed E-state index contributed by atoms with van der Waals surface area (Å²) in [6, 6.07) is 20.9. The Morgan fingerprint density at radius 1 is 1.03 bits per heavy atom. The van der Waals surface area contributed by atoms with Gasteiger partial charge in [0.25, 0.3) is 5.91 Å². The summed E-state index contributed by atoms with van der Waals surface area (Å²) < 4.78 is 24.5. The van der Waals surface area contributed by atoms with Crippen molar-refractivity contribution < 1.29 is 18.7 Å². The summed E-state index contributed by atoms with van der Waals surface area (Å²) in [5, 5.41) is 0. The van der Waals surface area contributed by atoms with Gasteiger partial charge in [0, 0.05) is 0 Å². The van der Waals surface area contributed by atoms with Crippen LogP contribution in [0, 0.1) is 5.82 Å². The number of thioether (sulfide) groups is 1. The summed E-state index contributed by atoms with van der Waals surface area (Å²) in [5.74, 6) is 0.811. The Kier molecular flexibility index (Phi) is 6.34. The van der Waals surface area contributed by atoms with Gasteiger partial charge in [-0.3, -0.25) is 9.69 Å². The lowest BCUT2D eigenvalue weighted by Crippen LogP contribution is -2.27. The molecule has 0 bridgehead atoms. The molecule has 1 fully saturated rings. The Balaban J connectivity index is 1.46. The van der Waals surface area contributed by atoms with Gasteiger partial charge in [-0.2, -0.15) is 0 Å². The zero-order chi connectivity index (χ0) is 21.8. The second-order valence-electron chi connectivity index (χ2n) is 6.67. The highest BCUT2D eigenvalue weighted by molar-refractivity contribution is 8.27. The van der Waals surface area contributed by atoms with Gasteiger partial charge in [-0.25, -0.2) is 4.39 Å². The molecule has 3 aromatic carbocycles. The Morgan fingerprint density at radius 3 is 2.45 bits per heavy atom. The highest BCUT2D eigenvalue weighted by atomic mass is 32.2. The number of benzene rings is 3. The van der Waals surface area contributed by atoms with Crippen molar-refractivity contribution in [3.8, 4) is 11.5 Å². The van der Waals surface area contributed by atoms with Crippen molar-refractivity contribution in [2.45, 2.75) is 6.61 Å². The molecule has 1 aliphatic rings. The molecule has 31 heavy (non-hydrogen) atoms. The van der Waals surface area contributed by atoms with Crippen LogP contribution in [0.2, 0.25) is 0 Å². The summed E-state index contributed by atoms with van der Waals surface area (Å²) >= 11 is 6.69. The Labute approximate surface area is 189 Å². The number of hydrogen-bond donors (Lipinski definition) is 0. The third-order valence-electron chi connectivity index (χ3n) is 4.62. The van der Waals surface area contributed by atoms with Crippen LogP contribution in [-0.2, 0) is 11.4 Å². The van der Waals surface area contributed by atoms with Crippen LogP contribution in [-0.4, -0.2) is 17.3 Å². The van der Waals surface area contributed by atoms with Crippen LogP contribution in [0.5, 0.6) is 11.5 Å². The highest BCUT2D eigenvalue weighted by Crippen LogP contribution is 2.39. The Morgan fingerprint density at radius 2 is 1.74 bits per heavy atom. The summed E-state index contributed by atoms with van der Waals surface area (Å²) in [6.45, 7) is 0.344. The molecule has 156 valence electrons. The van der Waals surface area contributed by atoms with E-state index in [4.69, 9.17) is 21.7 Å². The van der Waals surface area contributed by atoms with E-state index in [-0.39, 0.29) is 11.7 Å². The maximum absolute atomic E-state index is 13.0. The van der Waals surface area contributed by atoms with E-state index in [2.05, 4.69) is 0 Å². The number of rotatable bonds is 6. The van der Waals surface area contributed by atoms with Gasteiger partial charge in [-0.15, -0.1) is 0 Å². The summed E-state index contributed by atoms with van der Waals surface area (Å²) in [5.41, 5.74) is 2.36. The molecule has 1 saturated heterocycles. The average molecular weight is 452 g/mol. The second-order valence-corrected chi connectivity index (χ2v) is 8.35. The topological polar surface area (TPSA) is 38.8 Å². The zero-order valence-corrected chi connectivity index (χ0v) is 18.2. The number of halogens is 1. The quantitative estimate of drug-likeness (QED) is 0.349. The van der Waals surface area contributed by atoms with Gasteiger partial charge in [0.15, 0.2) is 4.32 Å². The highest BCUT2D eigenvalue weighted by Gasteiger charge is 2.34. The molecular formula is C24H18FNO3S2. The molecular weight excluding hydrogens is 433 g/mol. The van der Waals surface area contributed by atoms with Crippen molar-refractivity contribution in [1.82, 2.24) is 0 Å². The predicted octanol–water partition coefficient (Wildman–Crippen LogP) is 5.82. The maximum atomic E-state index is 13.0. The minimum absolute atomic E-state index is 0.184. The molecule has 1 aliphatic heterocycles. The minimum atomic E-state index is -0.274. The number of carbonyl (C=O) groups excluding carboxylic acids is 1. The fourth-order valence-corrected chi connectivity index (χ4v) is 4.33. The van der Waals surface area contributed by atoms with Gasteiger partial charge in [0.2, 0.25) is 0 Å². The fraction of sp³-hybridized carbons (Fsp3) is 0.0833. The first-order valence-electron chi connectivity index (χ1n) is 9.43. The first kappa shape index (κ1) is 21.1. The maximum Gasteiger partial charge on any atom is 0.270 e. The van der Waals surface area contributed by atoms with Gasteiger partial charge in [-0.05, 0) is 53.6 Å². The number of carbonyl (C=O) groups is 1. The molecule has 0 N–H and O–H groups in total. The van der Waals surface area contributed by atoms with E-state index in [9.17, 15) is 9.18 Å². The molecule has 1 heterocycles. The standard InChI is InChI=1S/C24H18FNO3S2/c1-28-21-5-3-2-4-20(21)26-23(27)22(31-24(26)30)14-16-8-12-19(13-9-16)29-15-17-6-10-18(25)11-7-17/h2-14H,15H2,1H3. The number of methoxy groups -OCH3 is 1. The number of nitrogens with zero attached hydrogens (tertiary/aromatic N) is 1. The van der Waals surface area contributed by atoms with Crippen molar-refractivity contribution in [2.24, 2.45) is 0 Å². The number of anilines is 1. The van der Waals surface area contributed by atoms with Crippen LogP contribution in [0.25, 0.3) is 6.08 Å². The van der Waals surface area contributed by atoms with Gasteiger partial charge < -0.3 is 9.47 Å². The molecule has 7 heteroatoms. The summed E-state index contributed by atoms with van der Waals surface area (Å²) in [4.78, 5) is 15.0. The second kappa shape index (κ2) is 9.32. The SMILES string of the molecule is COc1ccccc1N1C(=O)C(=Cc2ccc(OCc3ccc(F)cc3)cc2)SC1=S. The number of amides is 1. The number of thiocarbonyl (C=S) groups is 1. The molecule has 0 spiro atoms. The van der Waals surface area contributed by atoms with Crippen LogP contribution in [0.3, 0.4) is 0 Å². The zero-order valence-electron chi connectivity index (χ0n) is 16.6. The van der Waals surface area contributed by atoms with E-state index in [0.717, 1.165) is 11.1 Å². The van der Waals surface area contributed by atoms with Crippen molar-refractivity contribution in [1.29, 1.82) is 0 Å². The largest absolute Gasteiger partial charge is 0.495 e. The molecule has 0 unspecified atom stereocenters. The number of ether oxygens (including phenoxy) is 2. The molecule has 0 radical (unpaired) electrons. The third kappa shape index (κ3) is 4.78. The predicted molar refractivity (Wildman–Crippen MR) is 126 cm³/mol. The average Bonchev–Trinajstić information content (AvgIpc) is 3.07. The molecule has 3 aromatic rings. The lowest BCUT2D eigenvalue weighted by molar-refractivity contribution is -0.113. The van der Waals surface area contributed by atoms with Crippen molar-refractivity contribution >= 4 is 46.0 Å². The summed E-state index contributed by atoms with van der Waals surface area (Å²) in [7, 11) is 1.56. The fourth-order valence-electron chi connectivity index (χ4n) is 3.05. The molecule has 0 aromatic heterocycles. The lowest BCUT2D eigenvalue weighted by Gasteiger charge is -2.17.